The average Bonchev–Trinajstić information content (AvgIpc) is 2.60. The maximum atomic E-state index is 12.7. The van der Waals surface area contributed by atoms with E-state index in [0.717, 1.165) is 25.7 Å². The number of pyridine rings is 1. The summed E-state index contributed by atoms with van der Waals surface area (Å²) in [5.41, 5.74) is -0.0866. The molecule has 24 heavy (non-hydrogen) atoms. The largest absolute Gasteiger partial charge is 0.475 e. The Hall–Kier alpha value is -1.66. The van der Waals surface area contributed by atoms with Gasteiger partial charge < -0.3 is 19.5 Å². The molecule has 6 heteroatoms. The fourth-order valence-electron chi connectivity index (χ4n) is 3.12. The van der Waals surface area contributed by atoms with Gasteiger partial charge in [-0.05, 0) is 38.2 Å². The van der Waals surface area contributed by atoms with Gasteiger partial charge in [0, 0.05) is 19.8 Å². The van der Waals surface area contributed by atoms with E-state index in [9.17, 15) is 4.79 Å². The third-order valence-corrected chi connectivity index (χ3v) is 4.44. The first kappa shape index (κ1) is 18.7. The summed E-state index contributed by atoms with van der Waals surface area (Å²) in [4.78, 5) is 16.9. The van der Waals surface area contributed by atoms with Crippen LogP contribution in [0, 0.1) is 5.92 Å². The van der Waals surface area contributed by atoms with E-state index in [4.69, 9.17) is 14.2 Å². The quantitative estimate of drug-likeness (QED) is 0.739. The number of carbonyl (C=O) groups is 1. The standard InChI is InChI=1S/C18H28N2O4/c1-4-23-10-11-24-16-8-7-15(13-19-16)20-17(21)18(22-3)9-5-6-14(2)12-18/h7-8,13-14H,4-6,9-12H2,1-3H3,(H,20,21). The lowest BCUT2D eigenvalue weighted by molar-refractivity contribution is -0.143. The van der Waals surface area contributed by atoms with Crippen LogP contribution in [0.25, 0.3) is 0 Å². The van der Waals surface area contributed by atoms with Crippen LogP contribution in [-0.4, -0.2) is 43.4 Å². The van der Waals surface area contributed by atoms with E-state index >= 15 is 0 Å². The molecule has 0 radical (unpaired) electrons. The van der Waals surface area contributed by atoms with Crippen molar-refractivity contribution in [3.05, 3.63) is 18.3 Å². The third kappa shape index (κ3) is 4.92. The van der Waals surface area contributed by atoms with E-state index in [1.165, 1.54) is 0 Å². The molecular formula is C18H28N2O4. The molecule has 6 nitrogen and oxygen atoms in total. The van der Waals surface area contributed by atoms with E-state index in [2.05, 4.69) is 17.2 Å². The van der Waals surface area contributed by atoms with Gasteiger partial charge in [-0.15, -0.1) is 0 Å². The molecule has 1 aromatic heterocycles. The van der Waals surface area contributed by atoms with Crippen LogP contribution in [0.1, 0.15) is 39.5 Å². The van der Waals surface area contributed by atoms with Crippen molar-refractivity contribution < 1.29 is 19.0 Å². The van der Waals surface area contributed by atoms with Crippen molar-refractivity contribution in [3.63, 3.8) is 0 Å². The molecule has 0 saturated heterocycles. The number of hydrogen-bond acceptors (Lipinski definition) is 5. The van der Waals surface area contributed by atoms with Crippen LogP contribution in [0.4, 0.5) is 5.69 Å². The molecule has 1 amide bonds. The summed E-state index contributed by atoms with van der Waals surface area (Å²) in [5, 5.41) is 2.92. The number of nitrogens with zero attached hydrogens (tertiary/aromatic N) is 1. The van der Waals surface area contributed by atoms with Gasteiger partial charge in [-0.3, -0.25) is 4.79 Å². The molecule has 2 atom stereocenters. The maximum Gasteiger partial charge on any atom is 0.256 e. The van der Waals surface area contributed by atoms with E-state index in [1.54, 1.807) is 25.4 Å². The molecule has 134 valence electrons. The second kappa shape index (κ2) is 8.99. The third-order valence-electron chi connectivity index (χ3n) is 4.44. The number of methoxy groups -OCH3 is 1. The van der Waals surface area contributed by atoms with Gasteiger partial charge in [0.05, 0.1) is 18.5 Å². The van der Waals surface area contributed by atoms with Crippen molar-refractivity contribution in [3.8, 4) is 5.88 Å². The predicted octanol–water partition coefficient (Wildman–Crippen LogP) is 3.03. The Balaban J connectivity index is 1.91. The summed E-state index contributed by atoms with van der Waals surface area (Å²) >= 11 is 0. The Morgan fingerprint density at radius 1 is 1.42 bits per heavy atom. The van der Waals surface area contributed by atoms with Crippen LogP contribution < -0.4 is 10.1 Å². The lowest BCUT2D eigenvalue weighted by atomic mass is 9.78. The van der Waals surface area contributed by atoms with E-state index in [1.807, 2.05) is 6.92 Å². The van der Waals surface area contributed by atoms with Crippen molar-refractivity contribution in [2.45, 2.75) is 45.1 Å². The fraction of sp³-hybridized carbons (Fsp3) is 0.667. The second-order valence-electron chi connectivity index (χ2n) is 6.28. The molecule has 0 spiro atoms. The predicted molar refractivity (Wildman–Crippen MR) is 92.2 cm³/mol. The zero-order chi connectivity index (χ0) is 17.4. The summed E-state index contributed by atoms with van der Waals surface area (Å²) < 4.78 is 16.3. The highest BCUT2D eigenvalue weighted by molar-refractivity contribution is 5.97. The Bertz CT molecular complexity index is 520. The zero-order valence-corrected chi connectivity index (χ0v) is 14.8. The SMILES string of the molecule is CCOCCOc1ccc(NC(=O)C2(OC)CCCC(C)C2)cn1. The van der Waals surface area contributed by atoms with E-state index in [-0.39, 0.29) is 5.91 Å². The Labute approximate surface area is 143 Å². The van der Waals surface area contributed by atoms with Crippen molar-refractivity contribution >= 4 is 11.6 Å². The number of amides is 1. The van der Waals surface area contributed by atoms with Gasteiger partial charge >= 0.3 is 0 Å². The van der Waals surface area contributed by atoms with E-state index < -0.39 is 5.60 Å². The van der Waals surface area contributed by atoms with Crippen molar-refractivity contribution in [1.82, 2.24) is 4.98 Å². The lowest BCUT2D eigenvalue weighted by Gasteiger charge is -2.37. The van der Waals surface area contributed by atoms with Crippen molar-refractivity contribution in [1.29, 1.82) is 0 Å². The summed E-state index contributed by atoms with van der Waals surface area (Å²) in [6, 6.07) is 3.53. The van der Waals surface area contributed by atoms with Gasteiger partial charge in [-0.2, -0.15) is 0 Å². The fourth-order valence-corrected chi connectivity index (χ4v) is 3.12. The summed E-state index contributed by atoms with van der Waals surface area (Å²) in [7, 11) is 1.62. The van der Waals surface area contributed by atoms with Gasteiger partial charge in [0.2, 0.25) is 5.88 Å². The molecule has 2 unspecified atom stereocenters. The first-order valence-electron chi connectivity index (χ1n) is 8.63. The van der Waals surface area contributed by atoms with Crippen LogP contribution in [0.15, 0.2) is 18.3 Å². The number of hydrogen-bond donors (Lipinski definition) is 1. The maximum absolute atomic E-state index is 12.7. The van der Waals surface area contributed by atoms with Crippen LogP contribution in [0.5, 0.6) is 5.88 Å². The molecule has 0 bridgehead atoms. The monoisotopic (exact) mass is 336 g/mol. The molecule has 1 aliphatic rings. The smallest absolute Gasteiger partial charge is 0.256 e. The molecule has 1 heterocycles. The highest BCUT2D eigenvalue weighted by Crippen LogP contribution is 2.35. The normalized spacial score (nSPS) is 23.7. The highest BCUT2D eigenvalue weighted by atomic mass is 16.5. The molecule has 0 aromatic carbocycles. The lowest BCUT2D eigenvalue weighted by Crippen LogP contribution is -2.47. The van der Waals surface area contributed by atoms with Gasteiger partial charge in [0.25, 0.3) is 5.91 Å². The number of aromatic nitrogens is 1. The first-order valence-corrected chi connectivity index (χ1v) is 8.63. The second-order valence-corrected chi connectivity index (χ2v) is 6.28. The molecule has 0 aliphatic heterocycles. The highest BCUT2D eigenvalue weighted by Gasteiger charge is 2.41. The Kier molecular flexibility index (Phi) is 6.99. The van der Waals surface area contributed by atoms with Crippen LogP contribution in [0.3, 0.4) is 0 Å². The molecule has 1 N–H and O–H groups in total. The minimum absolute atomic E-state index is 0.0941. The summed E-state index contributed by atoms with van der Waals surface area (Å²) in [6.45, 7) is 5.76. The summed E-state index contributed by atoms with van der Waals surface area (Å²) in [5.74, 6) is 0.910. The number of carbonyl (C=O) groups excluding carboxylic acids is 1. The van der Waals surface area contributed by atoms with Crippen LogP contribution in [-0.2, 0) is 14.3 Å². The van der Waals surface area contributed by atoms with Gasteiger partial charge in [-0.1, -0.05) is 13.3 Å². The number of rotatable bonds is 8. The topological polar surface area (TPSA) is 69.7 Å². The average molecular weight is 336 g/mol. The van der Waals surface area contributed by atoms with Gasteiger partial charge in [0.1, 0.15) is 12.2 Å². The van der Waals surface area contributed by atoms with Gasteiger partial charge in [0.15, 0.2) is 0 Å². The molecular weight excluding hydrogens is 308 g/mol. The minimum Gasteiger partial charge on any atom is -0.475 e. The number of ether oxygens (including phenoxy) is 3. The Morgan fingerprint density at radius 2 is 2.25 bits per heavy atom. The van der Waals surface area contributed by atoms with Crippen molar-refractivity contribution in [2.75, 3.05) is 32.2 Å². The number of nitrogens with one attached hydrogen (secondary N) is 1. The zero-order valence-electron chi connectivity index (χ0n) is 14.8. The van der Waals surface area contributed by atoms with E-state index in [0.29, 0.717) is 37.3 Å². The molecule has 1 fully saturated rings. The van der Waals surface area contributed by atoms with Gasteiger partial charge in [-0.25, -0.2) is 4.98 Å². The molecule has 1 aromatic rings. The molecule has 1 aliphatic carbocycles. The Morgan fingerprint density at radius 3 is 2.88 bits per heavy atom. The first-order chi connectivity index (χ1) is 11.6. The van der Waals surface area contributed by atoms with Crippen molar-refractivity contribution in [2.24, 2.45) is 5.92 Å². The van der Waals surface area contributed by atoms with Crippen LogP contribution >= 0.6 is 0 Å². The van der Waals surface area contributed by atoms with Crippen LogP contribution in [0.2, 0.25) is 0 Å². The minimum atomic E-state index is -0.732. The molecule has 2 rings (SSSR count). The summed E-state index contributed by atoms with van der Waals surface area (Å²) in [6.07, 6.45) is 5.26. The molecule has 1 saturated carbocycles. The number of anilines is 1.